The predicted molar refractivity (Wildman–Crippen MR) is 208 cm³/mol. The van der Waals surface area contributed by atoms with Gasteiger partial charge in [0.25, 0.3) is 0 Å². The van der Waals surface area contributed by atoms with Gasteiger partial charge in [-0.2, -0.15) is 0 Å². The standard InChI is InChI=1S/C47H30N2O/c1-3-13-31(14-4-1)35-28-42(32-15-5-2-6-16-32)48-43(29-35)34-17-11-18-36(27-34)49-44-23-9-7-19-38(44)39-26-25-33(30-45(39)49)37-21-12-22-41-40-20-8-10-24-46(40)50-47(37)41/h1-30H. The van der Waals surface area contributed by atoms with E-state index in [0.717, 1.165) is 77.9 Å². The van der Waals surface area contributed by atoms with Gasteiger partial charge in [-0.15, -0.1) is 0 Å². The second-order valence-electron chi connectivity index (χ2n) is 12.8. The van der Waals surface area contributed by atoms with Gasteiger partial charge in [-0.25, -0.2) is 4.98 Å². The van der Waals surface area contributed by atoms with E-state index in [1.165, 1.54) is 16.3 Å². The summed E-state index contributed by atoms with van der Waals surface area (Å²) in [5.41, 5.74) is 13.8. The van der Waals surface area contributed by atoms with Crippen molar-refractivity contribution >= 4 is 43.7 Å². The fourth-order valence-corrected chi connectivity index (χ4v) is 7.43. The molecule has 10 aromatic rings. The summed E-state index contributed by atoms with van der Waals surface area (Å²) in [5, 5.41) is 4.70. The van der Waals surface area contributed by atoms with Gasteiger partial charge in [-0.1, -0.05) is 140 Å². The smallest absolute Gasteiger partial charge is 0.143 e. The molecule has 7 aromatic carbocycles. The molecule has 10 rings (SSSR count). The van der Waals surface area contributed by atoms with Crippen molar-refractivity contribution < 1.29 is 4.42 Å². The van der Waals surface area contributed by atoms with E-state index in [2.05, 4.69) is 168 Å². The number of benzene rings is 7. The van der Waals surface area contributed by atoms with Crippen molar-refractivity contribution in [2.45, 2.75) is 0 Å². The average Bonchev–Trinajstić information content (AvgIpc) is 3.74. The van der Waals surface area contributed by atoms with Crippen molar-refractivity contribution in [1.82, 2.24) is 9.55 Å². The third kappa shape index (κ3) is 4.63. The summed E-state index contributed by atoms with van der Waals surface area (Å²) in [6.07, 6.45) is 0. The van der Waals surface area contributed by atoms with E-state index in [1.807, 2.05) is 18.2 Å². The highest BCUT2D eigenvalue weighted by Crippen LogP contribution is 2.40. The minimum absolute atomic E-state index is 0.905. The summed E-state index contributed by atoms with van der Waals surface area (Å²) in [4.78, 5) is 5.23. The third-order valence-corrected chi connectivity index (χ3v) is 9.79. The molecule has 234 valence electrons. The number of rotatable bonds is 5. The third-order valence-electron chi connectivity index (χ3n) is 9.79. The van der Waals surface area contributed by atoms with Gasteiger partial charge in [-0.05, 0) is 59.2 Å². The first-order valence-corrected chi connectivity index (χ1v) is 17.0. The lowest BCUT2D eigenvalue weighted by molar-refractivity contribution is 0.670. The van der Waals surface area contributed by atoms with Crippen molar-refractivity contribution in [1.29, 1.82) is 0 Å². The number of furan rings is 1. The van der Waals surface area contributed by atoms with Crippen molar-refractivity contribution in [3.05, 3.63) is 182 Å². The molecule has 0 amide bonds. The van der Waals surface area contributed by atoms with Gasteiger partial charge >= 0.3 is 0 Å². The zero-order chi connectivity index (χ0) is 33.0. The first-order chi connectivity index (χ1) is 24.8. The van der Waals surface area contributed by atoms with E-state index in [9.17, 15) is 0 Å². The molecule has 0 fully saturated rings. The Balaban J connectivity index is 1.17. The molecule has 50 heavy (non-hydrogen) atoms. The number of para-hydroxylation sites is 3. The minimum Gasteiger partial charge on any atom is -0.455 e. The van der Waals surface area contributed by atoms with Crippen LogP contribution in [0.3, 0.4) is 0 Å². The molecule has 0 unspecified atom stereocenters. The van der Waals surface area contributed by atoms with Crippen LogP contribution in [0.15, 0.2) is 186 Å². The Morgan fingerprint density at radius 3 is 1.86 bits per heavy atom. The van der Waals surface area contributed by atoms with Crippen LogP contribution in [0.1, 0.15) is 0 Å². The first kappa shape index (κ1) is 28.3. The molecule has 0 aliphatic heterocycles. The summed E-state index contributed by atoms with van der Waals surface area (Å²) in [7, 11) is 0. The van der Waals surface area contributed by atoms with E-state index in [0.29, 0.717) is 0 Å². The van der Waals surface area contributed by atoms with E-state index in [1.54, 1.807) is 0 Å². The molecule has 0 spiro atoms. The number of nitrogens with zero attached hydrogens (tertiary/aromatic N) is 2. The average molecular weight is 639 g/mol. The Morgan fingerprint density at radius 1 is 0.380 bits per heavy atom. The van der Waals surface area contributed by atoms with Crippen molar-refractivity contribution in [2.24, 2.45) is 0 Å². The largest absolute Gasteiger partial charge is 0.455 e. The zero-order valence-electron chi connectivity index (χ0n) is 27.1. The van der Waals surface area contributed by atoms with Crippen LogP contribution in [-0.4, -0.2) is 9.55 Å². The normalized spacial score (nSPS) is 11.6. The van der Waals surface area contributed by atoms with Crippen LogP contribution in [-0.2, 0) is 0 Å². The SMILES string of the molecule is c1ccc(-c2cc(-c3ccccc3)nc(-c3cccc(-n4c5ccccc5c5ccc(-c6cccc7c6oc6ccccc67)cc54)c3)c2)cc1. The molecule has 0 saturated carbocycles. The van der Waals surface area contributed by atoms with Crippen LogP contribution in [0.25, 0.3) is 94.2 Å². The number of hydrogen-bond donors (Lipinski definition) is 0. The number of pyridine rings is 1. The highest BCUT2D eigenvalue weighted by molar-refractivity contribution is 6.13. The molecular formula is C47H30N2O. The molecule has 0 saturated heterocycles. The Labute approximate surface area is 289 Å². The van der Waals surface area contributed by atoms with Crippen molar-refractivity contribution in [3.8, 4) is 50.5 Å². The van der Waals surface area contributed by atoms with Crippen LogP contribution >= 0.6 is 0 Å². The van der Waals surface area contributed by atoms with Crippen molar-refractivity contribution in [2.75, 3.05) is 0 Å². The summed E-state index contributed by atoms with van der Waals surface area (Å²) >= 11 is 0. The Hall–Kier alpha value is -6.71. The number of fused-ring (bicyclic) bond motifs is 6. The molecule has 0 N–H and O–H groups in total. The summed E-state index contributed by atoms with van der Waals surface area (Å²) in [6, 6.07) is 64.3. The van der Waals surface area contributed by atoms with Gasteiger partial charge in [0, 0.05) is 43.9 Å². The number of hydrogen-bond acceptors (Lipinski definition) is 2. The van der Waals surface area contributed by atoms with E-state index in [4.69, 9.17) is 9.40 Å². The van der Waals surface area contributed by atoms with Gasteiger partial charge in [0.15, 0.2) is 0 Å². The topological polar surface area (TPSA) is 31.0 Å². The summed E-state index contributed by atoms with van der Waals surface area (Å²) in [5.74, 6) is 0. The lowest BCUT2D eigenvalue weighted by atomic mass is 10.00. The zero-order valence-corrected chi connectivity index (χ0v) is 27.1. The van der Waals surface area contributed by atoms with Crippen LogP contribution in [0.4, 0.5) is 0 Å². The van der Waals surface area contributed by atoms with Gasteiger partial charge in [0.05, 0.1) is 22.4 Å². The Kier molecular flexibility index (Phi) is 6.49. The molecule has 3 heterocycles. The maximum Gasteiger partial charge on any atom is 0.143 e. The molecule has 0 radical (unpaired) electrons. The molecule has 3 nitrogen and oxygen atoms in total. The first-order valence-electron chi connectivity index (χ1n) is 17.0. The summed E-state index contributed by atoms with van der Waals surface area (Å²) < 4.78 is 8.84. The maximum atomic E-state index is 6.46. The maximum absolute atomic E-state index is 6.46. The van der Waals surface area contributed by atoms with Gasteiger partial charge < -0.3 is 8.98 Å². The molecular weight excluding hydrogens is 609 g/mol. The van der Waals surface area contributed by atoms with Crippen molar-refractivity contribution in [3.63, 3.8) is 0 Å². The Morgan fingerprint density at radius 2 is 1.02 bits per heavy atom. The highest BCUT2D eigenvalue weighted by Gasteiger charge is 2.17. The monoisotopic (exact) mass is 638 g/mol. The molecule has 0 atom stereocenters. The van der Waals surface area contributed by atoms with Crippen LogP contribution in [0, 0.1) is 0 Å². The van der Waals surface area contributed by atoms with Gasteiger partial charge in [-0.3, -0.25) is 0 Å². The van der Waals surface area contributed by atoms with Crippen LogP contribution in [0.2, 0.25) is 0 Å². The molecule has 0 aliphatic rings. The second-order valence-corrected chi connectivity index (χ2v) is 12.8. The highest BCUT2D eigenvalue weighted by atomic mass is 16.3. The minimum atomic E-state index is 0.905. The van der Waals surface area contributed by atoms with E-state index in [-0.39, 0.29) is 0 Å². The van der Waals surface area contributed by atoms with E-state index >= 15 is 0 Å². The second kappa shape index (κ2) is 11.5. The van der Waals surface area contributed by atoms with Crippen LogP contribution in [0.5, 0.6) is 0 Å². The molecule has 0 aliphatic carbocycles. The predicted octanol–water partition coefficient (Wildman–Crippen LogP) is 12.7. The fraction of sp³-hybridized carbons (Fsp3) is 0. The molecule has 3 aromatic heterocycles. The lowest BCUT2D eigenvalue weighted by Crippen LogP contribution is -1.96. The van der Waals surface area contributed by atoms with Gasteiger partial charge in [0.1, 0.15) is 11.2 Å². The fourth-order valence-electron chi connectivity index (χ4n) is 7.43. The molecule has 3 heteroatoms. The lowest BCUT2D eigenvalue weighted by Gasteiger charge is -2.13. The molecule has 0 bridgehead atoms. The van der Waals surface area contributed by atoms with Gasteiger partial charge in [0.2, 0.25) is 0 Å². The van der Waals surface area contributed by atoms with E-state index < -0.39 is 0 Å². The summed E-state index contributed by atoms with van der Waals surface area (Å²) in [6.45, 7) is 0. The Bertz CT molecular complexity index is 2810. The van der Waals surface area contributed by atoms with Crippen LogP contribution < -0.4 is 0 Å². The number of aromatic nitrogens is 2. The quantitative estimate of drug-likeness (QED) is 0.188.